The number of ether oxygens (including phenoxy) is 1. The van der Waals surface area contributed by atoms with Crippen molar-refractivity contribution in [1.29, 1.82) is 0 Å². The van der Waals surface area contributed by atoms with Crippen LogP contribution in [0.25, 0.3) is 11.4 Å². The predicted octanol–water partition coefficient (Wildman–Crippen LogP) is 4.71. The van der Waals surface area contributed by atoms with Crippen molar-refractivity contribution in [1.82, 2.24) is 9.97 Å². The summed E-state index contributed by atoms with van der Waals surface area (Å²) < 4.78 is 6.10. The predicted molar refractivity (Wildman–Crippen MR) is 105 cm³/mol. The van der Waals surface area contributed by atoms with E-state index < -0.39 is 0 Å². The van der Waals surface area contributed by atoms with E-state index in [0.29, 0.717) is 19.0 Å². The molecule has 3 rings (SSSR count). The van der Waals surface area contributed by atoms with Gasteiger partial charge in [-0.3, -0.25) is 0 Å². The Kier molecular flexibility index (Phi) is 5.98. The summed E-state index contributed by atoms with van der Waals surface area (Å²) in [4.78, 5) is 9.26. The zero-order valence-corrected chi connectivity index (χ0v) is 15.5. The van der Waals surface area contributed by atoms with Crippen LogP contribution in [0.1, 0.15) is 0 Å². The number of nitrogens with one attached hydrogen (secondary N) is 2. The van der Waals surface area contributed by atoms with Gasteiger partial charge in [0.15, 0.2) is 5.82 Å². The van der Waals surface area contributed by atoms with Gasteiger partial charge in [0.2, 0.25) is 0 Å². The number of rotatable bonds is 7. The SMILES string of the molecule is COCCNc1cc(Nc2cccc(Br)c2)nc(-c2ccccc2)n1. The molecule has 6 heteroatoms. The Morgan fingerprint density at radius 2 is 1.76 bits per heavy atom. The van der Waals surface area contributed by atoms with Crippen molar-refractivity contribution in [3.05, 3.63) is 65.1 Å². The van der Waals surface area contributed by atoms with Gasteiger partial charge in [-0.05, 0) is 18.2 Å². The van der Waals surface area contributed by atoms with E-state index in [9.17, 15) is 0 Å². The minimum atomic E-state index is 0.610. The molecular weight excluding hydrogens is 380 g/mol. The van der Waals surface area contributed by atoms with Crippen molar-refractivity contribution >= 4 is 33.3 Å². The first-order valence-electron chi connectivity index (χ1n) is 7.94. The maximum absolute atomic E-state index is 5.09. The Morgan fingerprint density at radius 1 is 0.960 bits per heavy atom. The number of hydrogen-bond donors (Lipinski definition) is 2. The van der Waals surface area contributed by atoms with Gasteiger partial charge >= 0.3 is 0 Å². The summed E-state index contributed by atoms with van der Waals surface area (Å²) in [7, 11) is 1.68. The molecule has 0 radical (unpaired) electrons. The first kappa shape index (κ1) is 17.4. The van der Waals surface area contributed by atoms with Crippen molar-refractivity contribution in [3.8, 4) is 11.4 Å². The highest BCUT2D eigenvalue weighted by Crippen LogP contribution is 2.24. The van der Waals surface area contributed by atoms with E-state index >= 15 is 0 Å². The maximum atomic E-state index is 5.09. The molecule has 0 fully saturated rings. The van der Waals surface area contributed by atoms with Crippen LogP contribution in [-0.2, 0) is 4.74 Å². The van der Waals surface area contributed by atoms with E-state index in [4.69, 9.17) is 4.74 Å². The van der Waals surface area contributed by atoms with Crippen LogP contribution >= 0.6 is 15.9 Å². The number of nitrogens with zero attached hydrogens (tertiary/aromatic N) is 2. The summed E-state index contributed by atoms with van der Waals surface area (Å²) in [5.74, 6) is 2.15. The molecule has 0 saturated carbocycles. The summed E-state index contributed by atoms with van der Waals surface area (Å²) in [6, 6.07) is 19.8. The van der Waals surface area contributed by atoms with Gasteiger partial charge in [-0.2, -0.15) is 0 Å². The molecule has 25 heavy (non-hydrogen) atoms. The van der Waals surface area contributed by atoms with E-state index in [1.165, 1.54) is 0 Å². The van der Waals surface area contributed by atoms with Gasteiger partial charge in [-0.1, -0.05) is 52.3 Å². The highest BCUT2D eigenvalue weighted by atomic mass is 79.9. The van der Waals surface area contributed by atoms with Crippen LogP contribution in [-0.4, -0.2) is 30.2 Å². The Labute approximate surface area is 155 Å². The lowest BCUT2D eigenvalue weighted by molar-refractivity contribution is 0.210. The Hall–Kier alpha value is -2.44. The van der Waals surface area contributed by atoms with Crippen molar-refractivity contribution in [2.75, 3.05) is 30.9 Å². The molecule has 2 aromatic carbocycles. The number of methoxy groups -OCH3 is 1. The molecule has 0 aliphatic rings. The minimum absolute atomic E-state index is 0.610. The first-order valence-corrected chi connectivity index (χ1v) is 8.74. The second-order valence-corrected chi connectivity index (χ2v) is 6.30. The van der Waals surface area contributed by atoms with E-state index in [-0.39, 0.29) is 0 Å². The third-order valence-electron chi connectivity index (χ3n) is 3.47. The second kappa shape index (κ2) is 8.60. The van der Waals surface area contributed by atoms with Crippen LogP contribution in [0.15, 0.2) is 65.1 Å². The third-order valence-corrected chi connectivity index (χ3v) is 3.96. The van der Waals surface area contributed by atoms with Crippen LogP contribution in [0.3, 0.4) is 0 Å². The molecule has 1 heterocycles. The van der Waals surface area contributed by atoms with Crippen molar-refractivity contribution in [2.45, 2.75) is 0 Å². The van der Waals surface area contributed by atoms with Crippen LogP contribution in [0, 0.1) is 0 Å². The molecule has 2 N–H and O–H groups in total. The Morgan fingerprint density at radius 3 is 2.52 bits per heavy atom. The van der Waals surface area contributed by atoms with Crippen LogP contribution in [0.4, 0.5) is 17.3 Å². The quantitative estimate of drug-likeness (QED) is 0.564. The summed E-state index contributed by atoms with van der Waals surface area (Å²) in [6.07, 6.45) is 0. The maximum Gasteiger partial charge on any atom is 0.163 e. The monoisotopic (exact) mass is 398 g/mol. The van der Waals surface area contributed by atoms with Crippen LogP contribution in [0.2, 0.25) is 0 Å². The molecule has 128 valence electrons. The second-order valence-electron chi connectivity index (χ2n) is 5.38. The van der Waals surface area contributed by atoms with Gasteiger partial charge < -0.3 is 15.4 Å². The lowest BCUT2D eigenvalue weighted by Crippen LogP contribution is -2.10. The highest BCUT2D eigenvalue weighted by molar-refractivity contribution is 9.10. The Bertz CT molecular complexity index is 827. The highest BCUT2D eigenvalue weighted by Gasteiger charge is 2.07. The molecular formula is C19H19BrN4O. The van der Waals surface area contributed by atoms with E-state index in [0.717, 1.165) is 27.4 Å². The van der Waals surface area contributed by atoms with E-state index in [2.05, 4.69) is 36.5 Å². The fourth-order valence-electron chi connectivity index (χ4n) is 2.31. The van der Waals surface area contributed by atoms with Crippen LogP contribution < -0.4 is 10.6 Å². The zero-order valence-electron chi connectivity index (χ0n) is 13.9. The molecule has 0 bridgehead atoms. The van der Waals surface area contributed by atoms with Gasteiger partial charge in [0.05, 0.1) is 6.61 Å². The molecule has 0 saturated heterocycles. The summed E-state index contributed by atoms with van der Waals surface area (Å²) >= 11 is 3.48. The summed E-state index contributed by atoms with van der Waals surface area (Å²) in [5.41, 5.74) is 1.92. The molecule has 0 spiro atoms. The van der Waals surface area contributed by atoms with Crippen molar-refractivity contribution < 1.29 is 4.74 Å². The van der Waals surface area contributed by atoms with E-state index in [1.54, 1.807) is 7.11 Å². The number of halogens is 1. The van der Waals surface area contributed by atoms with Gasteiger partial charge in [-0.15, -0.1) is 0 Å². The van der Waals surface area contributed by atoms with Crippen molar-refractivity contribution in [3.63, 3.8) is 0 Å². The fourth-order valence-corrected chi connectivity index (χ4v) is 2.71. The summed E-state index contributed by atoms with van der Waals surface area (Å²) in [5, 5.41) is 6.60. The fraction of sp³-hybridized carbons (Fsp3) is 0.158. The number of hydrogen-bond acceptors (Lipinski definition) is 5. The molecule has 0 atom stereocenters. The molecule has 0 unspecified atom stereocenters. The normalized spacial score (nSPS) is 10.5. The number of anilines is 3. The topological polar surface area (TPSA) is 59.1 Å². The molecule has 0 aliphatic carbocycles. The Balaban J connectivity index is 1.91. The van der Waals surface area contributed by atoms with Gasteiger partial charge in [0.25, 0.3) is 0 Å². The lowest BCUT2D eigenvalue weighted by Gasteiger charge is -2.12. The number of aromatic nitrogens is 2. The summed E-state index contributed by atoms with van der Waals surface area (Å²) in [6.45, 7) is 1.29. The zero-order chi connectivity index (χ0) is 17.5. The van der Waals surface area contributed by atoms with Gasteiger partial charge in [0.1, 0.15) is 11.6 Å². The minimum Gasteiger partial charge on any atom is -0.383 e. The molecule has 3 aromatic rings. The molecule has 5 nitrogen and oxygen atoms in total. The van der Waals surface area contributed by atoms with E-state index in [1.807, 2.05) is 60.7 Å². The average molecular weight is 399 g/mol. The molecule has 1 aromatic heterocycles. The number of benzene rings is 2. The van der Waals surface area contributed by atoms with Gasteiger partial charge in [-0.25, -0.2) is 9.97 Å². The first-order chi connectivity index (χ1) is 12.2. The smallest absolute Gasteiger partial charge is 0.163 e. The van der Waals surface area contributed by atoms with Crippen LogP contribution in [0.5, 0.6) is 0 Å². The molecule has 0 aliphatic heterocycles. The average Bonchev–Trinajstić information content (AvgIpc) is 2.63. The van der Waals surface area contributed by atoms with Gasteiger partial charge in [0, 0.05) is 35.4 Å². The van der Waals surface area contributed by atoms with Crippen molar-refractivity contribution in [2.24, 2.45) is 0 Å². The largest absolute Gasteiger partial charge is 0.383 e. The molecule has 0 amide bonds. The lowest BCUT2D eigenvalue weighted by atomic mass is 10.2. The standard InChI is InChI=1S/C19H19BrN4O/c1-25-11-10-21-17-13-18(22-16-9-5-8-15(20)12-16)24-19(23-17)14-6-3-2-4-7-14/h2-9,12-13H,10-11H2,1H3,(H2,21,22,23,24). The third kappa shape index (κ3) is 5.01.